The van der Waals surface area contributed by atoms with Crippen molar-refractivity contribution in [1.82, 2.24) is 0 Å². The fraction of sp³-hybridized carbons (Fsp3) is 0.500. The van der Waals surface area contributed by atoms with E-state index >= 15 is 0 Å². The van der Waals surface area contributed by atoms with Gasteiger partial charge in [0.15, 0.2) is 0 Å². The number of nitrogens with one attached hydrogen (secondary N) is 1. The van der Waals surface area contributed by atoms with E-state index < -0.39 is 5.97 Å². The molecule has 1 aromatic rings. The summed E-state index contributed by atoms with van der Waals surface area (Å²) in [6.07, 6.45) is 4.64. The topological polar surface area (TPSA) is 55.4 Å². The van der Waals surface area contributed by atoms with Gasteiger partial charge in [-0.2, -0.15) is 0 Å². The number of hydrogen-bond donors (Lipinski definition) is 1. The van der Waals surface area contributed by atoms with Crippen molar-refractivity contribution in [2.75, 3.05) is 12.4 Å². The Morgan fingerprint density at radius 3 is 2.62 bits per heavy atom. The highest BCUT2D eigenvalue weighted by atomic mass is 35.5. The Morgan fingerprint density at radius 1 is 1.33 bits per heavy atom. The summed E-state index contributed by atoms with van der Waals surface area (Å²) in [6, 6.07) is 4.82. The predicted molar refractivity (Wildman–Crippen MR) is 82.5 cm³/mol. The van der Waals surface area contributed by atoms with E-state index in [1.54, 1.807) is 18.2 Å². The summed E-state index contributed by atoms with van der Waals surface area (Å²) in [5.41, 5.74) is 0.820. The Bertz CT molecular complexity index is 538. The monoisotopic (exact) mass is 309 g/mol. The molecule has 1 N–H and O–H groups in total. The largest absolute Gasteiger partial charge is 0.465 e. The Hall–Kier alpha value is -1.55. The third-order valence-electron chi connectivity index (χ3n) is 4.16. The lowest BCUT2D eigenvalue weighted by Gasteiger charge is -2.18. The van der Waals surface area contributed by atoms with Crippen molar-refractivity contribution < 1.29 is 14.3 Å². The zero-order chi connectivity index (χ0) is 15.4. The van der Waals surface area contributed by atoms with Gasteiger partial charge in [0.05, 0.1) is 17.7 Å². The molecule has 5 heteroatoms. The first-order valence-corrected chi connectivity index (χ1v) is 7.59. The van der Waals surface area contributed by atoms with Gasteiger partial charge in [0.2, 0.25) is 5.91 Å². The smallest absolute Gasteiger partial charge is 0.339 e. The molecule has 1 unspecified atom stereocenters. The number of methoxy groups -OCH3 is 1. The lowest BCUT2D eigenvalue weighted by molar-refractivity contribution is -0.120. The second-order valence-corrected chi connectivity index (χ2v) is 5.92. The number of benzene rings is 1. The van der Waals surface area contributed by atoms with Crippen LogP contribution in [0.3, 0.4) is 0 Å². The second-order valence-electron chi connectivity index (χ2n) is 5.51. The van der Waals surface area contributed by atoms with Crippen LogP contribution in [0.1, 0.15) is 43.0 Å². The maximum Gasteiger partial charge on any atom is 0.339 e. The van der Waals surface area contributed by atoms with Crippen LogP contribution < -0.4 is 5.32 Å². The van der Waals surface area contributed by atoms with Gasteiger partial charge in [-0.1, -0.05) is 31.4 Å². The van der Waals surface area contributed by atoms with Gasteiger partial charge in [-0.25, -0.2) is 4.79 Å². The predicted octanol–water partition coefficient (Wildman–Crippen LogP) is 3.89. The van der Waals surface area contributed by atoms with Crippen LogP contribution in [-0.4, -0.2) is 19.0 Å². The van der Waals surface area contributed by atoms with E-state index in [-0.39, 0.29) is 17.4 Å². The maximum absolute atomic E-state index is 12.3. The molecule has 0 aromatic heterocycles. The molecule has 2 rings (SSSR count). The number of amides is 1. The Balaban J connectivity index is 2.08. The molecule has 1 aliphatic rings. The van der Waals surface area contributed by atoms with Crippen molar-refractivity contribution in [3.63, 3.8) is 0 Å². The highest BCUT2D eigenvalue weighted by molar-refractivity contribution is 6.33. The van der Waals surface area contributed by atoms with Crippen molar-refractivity contribution in [1.29, 1.82) is 0 Å². The normalized spacial score (nSPS) is 16.5. The minimum Gasteiger partial charge on any atom is -0.465 e. The van der Waals surface area contributed by atoms with Crippen LogP contribution in [0.4, 0.5) is 5.69 Å². The highest BCUT2D eigenvalue weighted by Gasteiger charge is 2.27. The lowest BCUT2D eigenvalue weighted by Crippen LogP contribution is -2.25. The molecule has 1 fully saturated rings. The molecule has 0 radical (unpaired) electrons. The SMILES string of the molecule is COC(=O)c1cc(NC(=O)C(C)C2CCCC2)ccc1Cl. The van der Waals surface area contributed by atoms with Gasteiger partial charge in [0, 0.05) is 11.6 Å². The van der Waals surface area contributed by atoms with Crippen LogP contribution in [0.25, 0.3) is 0 Å². The highest BCUT2D eigenvalue weighted by Crippen LogP contribution is 2.32. The molecule has 1 atom stereocenters. The Morgan fingerprint density at radius 2 is 2.00 bits per heavy atom. The lowest BCUT2D eigenvalue weighted by atomic mass is 9.92. The van der Waals surface area contributed by atoms with E-state index in [0.29, 0.717) is 16.6 Å². The molecule has 1 aliphatic carbocycles. The first-order chi connectivity index (χ1) is 10.0. The average molecular weight is 310 g/mol. The number of esters is 1. The zero-order valence-corrected chi connectivity index (χ0v) is 13.1. The maximum atomic E-state index is 12.3. The molecule has 1 aromatic carbocycles. The number of anilines is 1. The van der Waals surface area contributed by atoms with Crippen LogP contribution in [0.5, 0.6) is 0 Å². The summed E-state index contributed by atoms with van der Waals surface area (Å²) in [7, 11) is 1.30. The van der Waals surface area contributed by atoms with E-state index in [1.165, 1.54) is 20.0 Å². The molecule has 114 valence electrons. The van der Waals surface area contributed by atoms with E-state index in [1.807, 2.05) is 6.92 Å². The van der Waals surface area contributed by atoms with E-state index in [4.69, 9.17) is 11.6 Å². The zero-order valence-electron chi connectivity index (χ0n) is 12.3. The summed E-state index contributed by atoms with van der Waals surface area (Å²) in [4.78, 5) is 23.9. The number of carbonyl (C=O) groups excluding carboxylic acids is 2. The van der Waals surface area contributed by atoms with Gasteiger partial charge >= 0.3 is 5.97 Å². The quantitative estimate of drug-likeness (QED) is 0.858. The fourth-order valence-corrected chi connectivity index (χ4v) is 2.99. The van der Waals surface area contributed by atoms with Crippen molar-refractivity contribution in [3.05, 3.63) is 28.8 Å². The molecule has 0 heterocycles. The number of rotatable bonds is 4. The molecule has 0 bridgehead atoms. The first kappa shape index (κ1) is 15.8. The molecule has 1 saturated carbocycles. The Labute approximate surface area is 129 Å². The Kier molecular flexibility index (Phi) is 5.23. The van der Waals surface area contributed by atoms with Crippen LogP contribution >= 0.6 is 11.6 Å². The standard InChI is InChI=1S/C16H20ClNO3/c1-10(11-5-3-4-6-11)15(19)18-12-7-8-14(17)13(9-12)16(20)21-2/h7-11H,3-6H2,1-2H3,(H,18,19). The van der Waals surface area contributed by atoms with Gasteiger partial charge < -0.3 is 10.1 Å². The van der Waals surface area contributed by atoms with Crippen LogP contribution in [0.2, 0.25) is 5.02 Å². The van der Waals surface area contributed by atoms with Crippen LogP contribution in [-0.2, 0) is 9.53 Å². The molecule has 0 aliphatic heterocycles. The summed E-state index contributed by atoms with van der Waals surface area (Å²) < 4.78 is 4.67. The average Bonchev–Trinajstić information content (AvgIpc) is 3.01. The summed E-state index contributed by atoms with van der Waals surface area (Å²) >= 11 is 5.96. The van der Waals surface area contributed by atoms with E-state index in [9.17, 15) is 9.59 Å². The minimum atomic E-state index is -0.514. The van der Waals surface area contributed by atoms with Crippen molar-refractivity contribution >= 4 is 29.2 Å². The molecule has 21 heavy (non-hydrogen) atoms. The molecular formula is C16H20ClNO3. The number of hydrogen-bond acceptors (Lipinski definition) is 3. The van der Waals surface area contributed by atoms with Crippen molar-refractivity contribution in [2.45, 2.75) is 32.6 Å². The van der Waals surface area contributed by atoms with E-state index in [0.717, 1.165) is 12.8 Å². The summed E-state index contributed by atoms with van der Waals surface area (Å²) in [5, 5.41) is 3.17. The summed E-state index contributed by atoms with van der Waals surface area (Å²) in [6.45, 7) is 1.96. The number of carbonyl (C=O) groups is 2. The van der Waals surface area contributed by atoms with Crippen LogP contribution in [0.15, 0.2) is 18.2 Å². The van der Waals surface area contributed by atoms with Crippen molar-refractivity contribution in [2.24, 2.45) is 11.8 Å². The van der Waals surface area contributed by atoms with Gasteiger partial charge in [0.1, 0.15) is 0 Å². The van der Waals surface area contributed by atoms with Crippen LogP contribution in [0, 0.1) is 11.8 Å². The van der Waals surface area contributed by atoms with Gasteiger partial charge in [-0.3, -0.25) is 4.79 Å². The number of halogens is 1. The van der Waals surface area contributed by atoms with Crippen molar-refractivity contribution in [3.8, 4) is 0 Å². The van der Waals surface area contributed by atoms with Gasteiger partial charge in [-0.05, 0) is 37.0 Å². The van der Waals surface area contributed by atoms with Gasteiger partial charge in [-0.15, -0.1) is 0 Å². The molecule has 1 amide bonds. The molecule has 4 nitrogen and oxygen atoms in total. The third-order valence-corrected chi connectivity index (χ3v) is 4.49. The fourth-order valence-electron chi connectivity index (χ4n) is 2.80. The minimum absolute atomic E-state index is 0.0139. The first-order valence-electron chi connectivity index (χ1n) is 7.21. The van der Waals surface area contributed by atoms with E-state index in [2.05, 4.69) is 10.1 Å². The molecule has 0 saturated heterocycles. The van der Waals surface area contributed by atoms with Gasteiger partial charge in [0.25, 0.3) is 0 Å². The molecular weight excluding hydrogens is 290 g/mol. The molecule has 0 spiro atoms. The number of ether oxygens (including phenoxy) is 1. The second kappa shape index (κ2) is 6.94. The summed E-state index contributed by atoms with van der Waals surface area (Å²) in [5.74, 6) is -0.0953. The third kappa shape index (κ3) is 3.76.